The van der Waals surface area contributed by atoms with Crippen molar-refractivity contribution < 1.29 is 29.6 Å². The number of rotatable bonds is 6. The summed E-state index contributed by atoms with van der Waals surface area (Å²) in [6.07, 6.45) is -8.50. The lowest BCUT2D eigenvalue weighted by atomic mass is 9.99. The second-order valence-electron chi connectivity index (χ2n) is 5.36. The first kappa shape index (κ1) is 8.57. The Hall–Kier alpha value is -2.33. The fraction of sp³-hybridized carbons (Fsp3) is 0.273. The van der Waals surface area contributed by atoms with Gasteiger partial charge in [-0.05, 0) is 54.2 Å². The Bertz CT molecular complexity index is 1410. The van der Waals surface area contributed by atoms with Crippen molar-refractivity contribution in [3.63, 3.8) is 0 Å². The molecule has 0 radical (unpaired) electrons. The van der Waals surface area contributed by atoms with E-state index in [1.807, 2.05) is 0 Å². The van der Waals surface area contributed by atoms with Crippen LogP contribution >= 0.6 is 0 Å². The molecule has 4 heteroatoms. The first-order chi connectivity index (χ1) is 17.1. The van der Waals surface area contributed by atoms with Crippen LogP contribution < -0.4 is 5.32 Å². The van der Waals surface area contributed by atoms with Crippen molar-refractivity contribution in [1.82, 2.24) is 5.32 Å². The van der Waals surface area contributed by atoms with Crippen LogP contribution in [0.5, 0.6) is 0 Å². The van der Waals surface area contributed by atoms with E-state index in [9.17, 15) is 13.2 Å². The Labute approximate surface area is 168 Å². The number of alkyl halides is 3. The number of hydrogen-bond donors (Lipinski definition) is 1. The van der Waals surface area contributed by atoms with Crippen LogP contribution in [0.2, 0.25) is 0 Å². The summed E-state index contributed by atoms with van der Waals surface area (Å²) in [6.45, 7) is -1.78. The minimum Gasteiger partial charge on any atom is -0.310 e. The Morgan fingerprint density at radius 2 is 1.92 bits per heavy atom. The number of nitrogens with one attached hydrogen (secondary N) is 1. The summed E-state index contributed by atoms with van der Waals surface area (Å²) in [7, 11) is 0. The fourth-order valence-corrected chi connectivity index (χ4v) is 2.28. The molecule has 3 aromatic carbocycles. The first-order valence-electron chi connectivity index (χ1n) is 13.6. The monoisotopic (exact) mass is 369 g/mol. The third-order valence-electron chi connectivity index (χ3n) is 3.53. The normalized spacial score (nSPS) is 22.0. The lowest BCUT2D eigenvalue weighted by Gasteiger charge is -2.17. The van der Waals surface area contributed by atoms with Crippen LogP contribution in [0.3, 0.4) is 0 Å². The van der Waals surface area contributed by atoms with Gasteiger partial charge in [0.15, 0.2) is 0 Å². The number of halogens is 3. The van der Waals surface area contributed by atoms with Crippen molar-refractivity contribution in [2.75, 3.05) is 6.50 Å². The number of fused-ring (bicyclic) bond motifs is 1. The standard InChI is InChI=1S/C22H22F3N/c1-16(20-13-5-10-18-9-2-3-12-21(18)20)26-14-6-8-17-7-4-11-19(15-17)22(23,24)25/h2-5,7,9-13,15-16,26H,6,8,14H2,1H3/t16-/m0/s1/i2D,3D,5D,8D2,9D,10D,12D,13D,14D2,16D. The molecule has 0 spiro atoms. The van der Waals surface area contributed by atoms with E-state index >= 15 is 0 Å². The molecule has 0 aromatic heterocycles. The van der Waals surface area contributed by atoms with E-state index in [2.05, 4.69) is 5.32 Å². The van der Waals surface area contributed by atoms with Crippen LogP contribution in [0.4, 0.5) is 13.2 Å². The van der Waals surface area contributed by atoms with E-state index in [1.54, 1.807) is 0 Å². The molecule has 3 aromatic rings. The Balaban J connectivity index is 2.12. The van der Waals surface area contributed by atoms with Crippen LogP contribution in [-0.2, 0) is 12.5 Å². The number of hydrogen-bond acceptors (Lipinski definition) is 1. The Kier molecular flexibility index (Phi) is 2.61. The van der Waals surface area contributed by atoms with E-state index in [0.717, 1.165) is 25.1 Å². The molecule has 136 valence electrons. The van der Waals surface area contributed by atoms with E-state index in [1.165, 1.54) is 0 Å². The molecule has 0 unspecified atom stereocenters. The Morgan fingerprint density at radius 1 is 1.15 bits per heavy atom. The average Bonchev–Trinajstić information content (AvgIpc) is 2.77. The summed E-state index contributed by atoms with van der Waals surface area (Å²) in [5, 5.41) is 1.32. The van der Waals surface area contributed by atoms with E-state index in [4.69, 9.17) is 16.4 Å². The van der Waals surface area contributed by atoms with Crippen LogP contribution in [0, 0.1) is 0 Å². The molecule has 1 atom stereocenters. The summed E-state index contributed by atoms with van der Waals surface area (Å²) in [4.78, 5) is 0. The van der Waals surface area contributed by atoms with Gasteiger partial charge in [0.25, 0.3) is 0 Å². The van der Waals surface area contributed by atoms with Gasteiger partial charge in [0.05, 0.1) is 16.5 Å². The van der Waals surface area contributed by atoms with Gasteiger partial charge >= 0.3 is 6.18 Å². The van der Waals surface area contributed by atoms with Gasteiger partial charge in [-0.2, -0.15) is 13.2 Å². The van der Waals surface area contributed by atoms with Crippen molar-refractivity contribution in [2.45, 2.75) is 31.9 Å². The van der Waals surface area contributed by atoms with Crippen LogP contribution in [0.1, 0.15) is 52.5 Å². The van der Waals surface area contributed by atoms with Crippen molar-refractivity contribution >= 4 is 10.8 Å². The van der Waals surface area contributed by atoms with Crippen LogP contribution in [-0.4, -0.2) is 6.50 Å². The van der Waals surface area contributed by atoms with Crippen molar-refractivity contribution in [2.24, 2.45) is 0 Å². The molecule has 0 saturated carbocycles. The Morgan fingerprint density at radius 3 is 2.73 bits per heavy atom. The molecular formula is C22H22F3N. The highest BCUT2D eigenvalue weighted by Crippen LogP contribution is 2.29. The van der Waals surface area contributed by atoms with Gasteiger partial charge in [0, 0.05) is 11.5 Å². The average molecular weight is 369 g/mol. The third-order valence-corrected chi connectivity index (χ3v) is 3.53. The zero-order chi connectivity index (χ0) is 29.2. The molecule has 0 saturated heterocycles. The second-order valence-corrected chi connectivity index (χ2v) is 5.36. The lowest BCUT2D eigenvalue weighted by molar-refractivity contribution is -0.137. The molecule has 0 amide bonds. The number of aryl methyl sites for hydroxylation is 1. The maximum atomic E-state index is 13.1. The van der Waals surface area contributed by atoms with Gasteiger partial charge < -0.3 is 5.32 Å². The highest BCUT2D eigenvalue weighted by atomic mass is 19.4. The molecule has 0 bridgehead atoms. The predicted molar refractivity (Wildman–Crippen MR) is 100 cm³/mol. The van der Waals surface area contributed by atoms with Crippen molar-refractivity contribution in [3.8, 4) is 0 Å². The highest BCUT2D eigenvalue weighted by molar-refractivity contribution is 5.86. The zero-order valence-electron chi connectivity index (χ0n) is 25.7. The van der Waals surface area contributed by atoms with E-state index in [0.29, 0.717) is 6.07 Å². The smallest absolute Gasteiger partial charge is 0.310 e. The third kappa shape index (κ3) is 4.44. The topological polar surface area (TPSA) is 12.0 Å². The van der Waals surface area contributed by atoms with E-state index < -0.39 is 101 Å². The minimum absolute atomic E-state index is 0.438. The molecule has 26 heavy (non-hydrogen) atoms. The van der Waals surface area contributed by atoms with Gasteiger partial charge in [-0.15, -0.1) is 0 Å². The van der Waals surface area contributed by atoms with E-state index in [-0.39, 0.29) is 0 Å². The maximum Gasteiger partial charge on any atom is 0.416 e. The summed E-state index contributed by atoms with van der Waals surface area (Å²) in [5.74, 6) is 0. The summed E-state index contributed by atoms with van der Waals surface area (Å²) in [5.41, 5.74) is -2.13. The van der Waals surface area contributed by atoms with Gasteiger partial charge in [-0.1, -0.05) is 60.5 Å². The summed E-state index contributed by atoms with van der Waals surface area (Å²) in [6, 6.07) is -4.11. The molecule has 0 aliphatic heterocycles. The van der Waals surface area contributed by atoms with Gasteiger partial charge in [-0.3, -0.25) is 0 Å². The molecule has 0 aliphatic carbocycles. The molecule has 3 rings (SSSR count). The zero-order valence-corrected chi connectivity index (χ0v) is 13.7. The minimum atomic E-state index is -4.76. The molecule has 0 fully saturated rings. The lowest BCUT2D eigenvalue weighted by Crippen LogP contribution is -2.20. The van der Waals surface area contributed by atoms with Crippen LogP contribution in [0.15, 0.2) is 66.6 Å². The second kappa shape index (κ2) is 7.92. The summed E-state index contributed by atoms with van der Waals surface area (Å²) < 4.78 is 138. The summed E-state index contributed by atoms with van der Waals surface area (Å²) >= 11 is 0. The first-order valence-corrected chi connectivity index (χ1v) is 7.60. The fourth-order valence-electron chi connectivity index (χ4n) is 2.28. The SMILES string of the molecule is [2H]c1c([2H])c([2H])c2c([C@]([2H])(C)NC([2H])([2H])CC([2H])([2H])c3cccc(C(F)(F)F)c3)c([2H])c([2H])c([2H])c2c1[2H]. The maximum absolute atomic E-state index is 13.1. The molecule has 0 heterocycles. The van der Waals surface area contributed by atoms with Crippen LogP contribution in [0.25, 0.3) is 10.8 Å². The predicted octanol–water partition coefficient (Wildman–Crippen LogP) is 6.14. The number of benzene rings is 3. The highest BCUT2D eigenvalue weighted by Gasteiger charge is 2.30. The van der Waals surface area contributed by atoms with Crippen molar-refractivity contribution in [3.05, 3.63) is 83.3 Å². The molecule has 0 aliphatic rings. The molecule has 1 N–H and O–H groups in total. The van der Waals surface area contributed by atoms with Gasteiger partial charge in [0.2, 0.25) is 0 Å². The van der Waals surface area contributed by atoms with Crippen molar-refractivity contribution in [1.29, 1.82) is 0 Å². The quantitative estimate of drug-likeness (QED) is 0.550. The molecule has 1 nitrogen and oxygen atoms in total. The van der Waals surface area contributed by atoms with Gasteiger partial charge in [-0.25, -0.2) is 0 Å². The largest absolute Gasteiger partial charge is 0.416 e. The molecular weight excluding hydrogens is 335 g/mol. The van der Waals surface area contributed by atoms with Gasteiger partial charge in [0.1, 0.15) is 0 Å².